The molecule has 0 bridgehead atoms. The third-order valence-corrected chi connectivity index (χ3v) is 3.02. The SMILES string of the molecule is CC1(C)CCC2(C1)NC(=O)NC2=O. The molecule has 4 nitrogen and oxygen atoms in total. The van der Waals surface area contributed by atoms with E-state index in [2.05, 4.69) is 24.5 Å². The van der Waals surface area contributed by atoms with Gasteiger partial charge in [0.2, 0.25) is 0 Å². The average Bonchev–Trinajstić information content (AvgIpc) is 2.38. The molecule has 2 N–H and O–H groups in total. The minimum atomic E-state index is -0.597. The van der Waals surface area contributed by atoms with Gasteiger partial charge in [0, 0.05) is 0 Å². The molecular formula is C9H14N2O2. The number of rotatable bonds is 0. The molecule has 4 heteroatoms. The summed E-state index contributed by atoms with van der Waals surface area (Å²) in [6, 6.07) is -0.345. The summed E-state index contributed by atoms with van der Waals surface area (Å²) in [5.74, 6) is -0.150. The van der Waals surface area contributed by atoms with Crippen LogP contribution in [0.3, 0.4) is 0 Å². The van der Waals surface area contributed by atoms with Crippen molar-refractivity contribution in [3.8, 4) is 0 Å². The fourth-order valence-electron chi connectivity index (χ4n) is 2.37. The predicted octanol–water partition coefficient (Wildman–Crippen LogP) is 0.775. The van der Waals surface area contributed by atoms with Crippen molar-refractivity contribution in [1.29, 1.82) is 0 Å². The Morgan fingerprint density at radius 3 is 2.31 bits per heavy atom. The molecule has 1 aliphatic carbocycles. The third kappa shape index (κ3) is 1.20. The van der Waals surface area contributed by atoms with Gasteiger partial charge in [0.15, 0.2) is 0 Å². The maximum atomic E-state index is 11.5. The highest BCUT2D eigenvalue weighted by Crippen LogP contribution is 2.44. The summed E-state index contributed by atoms with van der Waals surface area (Å²) in [6.45, 7) is 4.25. The number of carbonyl (C=O) groups excluding carboxylic acids is 2. The van der Waals surface area contributed by atoms with Crippen LogP contribution in [-0.4, -0.2) is 17.5 Å². The van der Waals surface area contributed by atoms with E-state index in [1.54, 1.807) is 0 Å². The topological polar surface area (TPSA) is 58.2 Å². The van der Waals surface area contributed by atoms with Crippen LogP contribution in [0.15, 0.2) is 0 Å². The Labute approximate surface area is 77.1 Å². The van der Waals surface area contributed by atoms with Crippen molar-refractivity contribution >= 4 is 11.9 Å². The van der Waals surface area contributed by atoms with Crippen LogP contribution in [-0.2, 0) is 4.79 Å². The number of carbonyl (C=O) groups is 2. The lowest BCUT2D eigenvalue weighted by Gasteiger charge is -2.22. The highest BCUT2D eigenvalue weighted by atomic mass is 16.2. The number of hydrogen-bond donors (Lipinski definition) is 2. The van der Waals surface area contributed by atoms with E-state index in [1.165, 1.54) is 0 Å². The van der Waals surface area contributed by atoms with Crippen molar-refractivity contribution in [2.24, 2.45) is 5.41 Å². The monoisotopic (exact) mass is 182 g/mol. The van der Waals surface area contributed by atoms with E-state index < -0.39 is 5.54 Å². The lowest BCUT2D eigenvalue weighted by Crippen LogP contribution is -2.44. The number of hydrogen-bond acceptors (Lipinski definition) is 2. The molecular weight excluding hydrogens is 168 g/mol. The van der Waals surface area contributed by atoms with Crippen molar-refractivity contribution in [1.82, 2.24) is 10.6 Å². The van der Waals surface area contributed by atoms with E-state index >= 15 is 0 Å². The van der Waals surface area contributed by atoms with Gasteiger partial charge in [0.25, 0.3) is 5.91 Å². The molecule has 1 saturated heterocycles. The van der Waals surface area contributed by atoms with Gasteiger partial charge in [-0.15, -0.1) is 0 Å². The molecule has 0 aromatic rings. The lowest BCUT2D eigenvalue weighted by atomic mass is 9.88. The first-order chi connectivity index (χ1) is 5.94. The van der Waals surface area contributed by atoms with Crippen molar-refractivity contribution in [3.05, 3.63) is 0 Å². The first kappa shape index (κ1) is 8.53. The summed E-state index contributed by atoms with van der Waals surface area (Å²) in [5.41, 5.74) is -0.435. The molecule has 1 unspecified atom stereocenters. The van der Waals surface area contributed by atoms with E-state index in [-0.39, 0.29) is 17.4 Å². The largest absolute Gasteiger partial charge is 0.323 e. The highest BCUT2D eigenvalue weighted by Gasteiger charge is 2.53. The van der Waals surface area contributed by atoms with Gasteiger partial charge >= 0.3 is 6.03 Å². The molecule has 0 aromatic heterocycles. The summed E-state index contributed by atoms with van der Waals surface area (Å²) >= 11 is 0. The van der Waals surface area contributed by atoms with Gasteiger partial charge < -0.3 is 5.32 Å². The molecule has 13 heavy (non-hydrogen) atoms. The third-order valence-electron chi connectivity index (χ3n) is 3.02. The van der Waals surface area contributed by atoms with E-state index in [4.69, 9.17) is 0 Å². The lowest BCUT2D eigenvalue weighted by molar-refractivity contribution is -0.124. The summed E-state index contributed by atoms with van der Waals surface area (Å²) in [6.07, 6.45) is 2.50. The average molecular weight is 182 g/mol. The van der Waals surface area contributed by atoms with Gasteiger partial charge in [-0.3, -0.25) is 10.1 Å². The Kier molecular flexibility index (Phi) is 1.47. The van der Waals surface area contributed by atoms with Gasteiger partial charge in [-0.2, -0.15) is 0 Å². The minimum absolute atomic E-state index is 0.150. The van der Waals surface area contributed by atoms with Crippen molar-refractivity contribution in [2.45, 2.75) is 38.6 Å². The van der Waals surface area contributed by atoms with E-state index in [1.807, 2.05) is 0 Å². The van der Waals surface area contributed by atoms with Crippen LogP contribution in [0.1, 0.15) is 33.1 Å². The maximum Gasteiger partial charge on any atom is 0.322 e. The molecule has 1 heterocycles. The Morgan fingerprint density at radius 1 is 1.23 bits per heavy atom. The Hall–Kier alpha value is -1.06. The smallest absolute Gasteiger partial charge is 0.322 e. The fraction of sp³-hybridized carbons (Fsp3) is 0.778. The van der Waals surface area contributed by atoms with Crippen LogP contribution < -0.4 is 10.6 Å². The minimum Gasteiger partial charge on any atom is -0.323 e. The zero-order chi connectivity index (χ0) is 9.69. The van der Waals surface area contributed by atoms with Crippen LogP contribution in [0.5, 0.6) is 0 Å². The molecule has 2 rings (SSSR count). The Bertz CT molecular complexity index is 285. The zero-order valence-electron chi connectivity index (χ0n) is 7.94. The van der Waals surface area contributed by atoms with Gasteiger partial charge in [-0.1, -0.05) is 13.8 Å². The first-order valence-corrected chi connectivity index (χ1v) is 4.57. The Balaban J connectivity index is 2.24. The zero-order valence-corrected chi connectivity index (χ0v) is 7.94. The number of amides is 3. The molecule has 1 spiro atoms. The molecule has 1 aliphatic heterocycles. The van der Waals surface area contributed by atoms with Crippen molar-refractivity contribution in [2.75, 3.05) is 0 Å². The van der Waals surface area contributed by atoms with Crippen LogP contribution in [0.2, 0.25) is 0 Å². The molecule has 1 saturated carbocycles. The van der Waals surface area contributed by atoms with E-state index in [0.717, 1.165) is 19.3 Å². The first-order valence-electron chi connectivity index (χ1n) is 4.57. The van der Waals surface area contributed by atoms with Crippen LogP contribution in [0.25, 0.3) is 0 Å². The number of nitrogens with one attached hydrogen (secondary N) is 2. The summed E-state index contributed by atoms with van der Waals surface area (Å²) < 4.78 is 0. The van der Waals surface area contributed by atoms with Gasteiger partial charge in [0.1, 0.15) is 5.54 Å². The fourth-order valence-corrected chi connectivity index (χ4v) is 2.37. The second-order valence-electron chi connectivity index (χ2n) is 4.83. The van der Waals surface area contributed by atoms with Crippen LogP contribution >= 0.6 is 0 Å². The maximum absolute atomic E-state index is 11.5. The van der Waals surface area contributed by atoms with Crippen LogP contribution in [0, 0.1) is 5.41 Å². The molecule has 0 radical (unpaired) electrons. The van der Waals surface area contributed by atoms with E-state index in [0.29, 0.717) is 0 Å². The van der Waals surface area contributed by atoms with Gasteiger partial charge in [-0.05, 0) is 24.7 Å². The van der Waals surface area contributed by atoms with Gasteiger partial charge in [-0.25, -0.2) is 4.79 Å². The van der Waals surface area contributed by atoms with Crippen molar-refractivity contribution < 1.29 is 9.59 Å². The summed E-state index contributed by atoms with van der Waals surface area (Å²) in [4.78, 5) is 22.5. The molecule has 0 aromatic carbocycles. The van der Waals surface area contributed by atoms with Crippen molar-refractivity contribution in [3.63, 3.8) is 0 Å². The predicted molar refractivity (Wildman–Crippen MR) is 47.0 cm³/mol. The highest BCUT2D eigenvalue weighted by molar-refractivity contribution is 6.07. The Morgan fingerprint density at radius 2 is 1.92 bits per heavy atom. The quantitative estimate of drug-likeness (QED) is 0.544. The standard InChI is InChI=1S/C9H14N2O2/c1-8(2)3-4-9(5-8)6(12)10-7(13)11-9/h3-5H2,1-2H3,(H2,10,11,12,13). The number of urea groups is 1. The second kappa shape index (κ2) is 2.25. The van der Waals surface area contributed by atoms with Gasteiger partial charge in [0.05, 0.1) is 0 Å². The summed E-state index contributed by atoms with van der Waals surface area (Å²) in [5, 5.41) is 5.03. The molecule has 2 aliphatic rings. The molecule has 72 valence electrons. The molecule has 1 atom stereocenters. The summed E-state index contributed by atoms with van der Waals surface area (Å²) in [7, 11) is 0. The number of imide groups is 1. The van der Waals surface area contributed by atoms with Crippen LogP contribution in [0.4, 0.5) is 4.79 Å². The second-order valence-corrected chi connectivity index (χ2v) is 4.83. The molecule has 3 amide bonds. The van der Waals surface area contributed by atoms with E-state index in [9.17, 15) is 9.59 Å². The molecule has 2 fully saturated rings. The normalized spacial score (nSPS) is 36.5.